The van der Waals surface area contributed by atoms with Crippen LogP contribution in [0.2, 0.25) is 0 Å². The number of amides is 1. The highest BCUT2D eigenvalue weighted by Gasteiger charge is 2.15. The molecule has 0 fully saturated rings. The number of halogens is 1. The van der Waals surface area contributed by atoms with E-state index in [1.165, 1.54) is 5.56 Å². The van der Waals surface area contributed by atoms with E-state index in [1.807, 2.05) is 24.3 Å². The zero-order valence-corrected chi connectivity index (χ0v) is 13.3. The quantitative estimate of drug-likeness (QED) is 0.868. The molecule has 20 heavy (non-hydrogen) atoms. The first kappa shape index (κ1) is 14.8. The first-order chi connectivity index (χ1) is 9.61. The SMILES string of the molecule is CCC(NC(=O)c1ccccc1Br)c1ccc(C)cc1. The van der Waals surface area contributed by atoms with Crippen LogP contribution < -0.4 is 5.32 Å². The minimum atomic E-state index is -0.0510. The fourth-order valence-electron chi connectivity index (χ4n) is 2.10. The van der Waals surface area contributed by atoms with Gasteiger partial charge in [0.15, 0.2) is 0 Å². The molecule has 1 N–H and O–H groups in total. The summed E-state index contributed by atoms with van der Waals surface area (Å²) in [5, 5.41) is 3.09. The Kier molecular flexibility index (Phi) is 4.96. The lowest BCUT2D eigenvalue weighted by Crippen LogP contribution is -2.28. The van der Waals surface area contributed by atoms with E-state index >= 15 is 0 Å². The molecule has 0 aliphatic carbocycles. The van der Waals surface area contributed by atoms with Gasteiger partial charge in [0.25, 0.3) is 5.91 Å². The molecule has 0 heterocycles. The number of hydrogen-bond acceptors (Lipinski definition) is 1. The van der Waals surface area contributed by atoms with Gasteiger partial charge in [-0.3, -0.25) is 4.79 Å². The lowest BCUT2D eigenvalue weighted by molar-refractivity contribution is 0.0935. The van der Waals surface area contributed by atoms with Gasteiger partial charge in [-0.15, -0.1) is 0 Å². The van der Waals surface area contributed by atoms with Gasteiger partial charge in [0.1, 0.15) is 0 Å². The van der Waals surface area contributed by atoms with Gasteiger partial charge in [0.05, 0.1) is 11.6 Å². The monoisotopic (exact) mass is 331 g/mol. The number of hydrogen-bond donors (Lipinski definition) is 1. The van der Waals surface area contributed by atoms with Crippen molar-refractivity contribution in [2.45, 2.75) is 26.3 Å². The molecule has 1 atom stereocenters. The van der Waals surface area contributed by atoms with E-state index in [9.17, 15) is 4.79 Å². The van der Waals surface area contributed by atoms with E-state index in [2.05, 4.69) is 59.4 Å². The minimum absolute atomic E-state index is 0.0372. The number of benzene rings is 2. The van der Waals surface area contributed by atoms with Gasteiger partial charge in [-0.25, -0.2) is 0 Å². The minimum Gasteiger partial charge on any atom is -0.345 e. The molecule has 0 bridgehead atoms. The summed E-state index contributed by atoms with van der Waals surface area (Å²) in [5.74, 6) is -0.0510. The number of nitrogens with one attached hydrogen (secondary N) is 1. The van der Waals surface area contributed by atoms with Crippen LogP contribution in [0.15, 0.2) is 53.0 Å². The van der Waals surface area contributed by atoms with Gasteiger partial charge in [-0.1, -0.05) is 48.9 Å². The largest absolute Gasteiger partial charge is 0.345 e. The maximum atomic E-state index is 12.3. The lowest BCUT2D eigenvalue weighted by atomic mass is 10.0. The van der Waals surface area contributed by atoms with Crippen molar-refractivity contribution in [2.24, 2.45) is 0 Å². The Balaban J connectivity index is 2.16. The maximum Gasteiger partial charge on any atom is 0.252 e. The summed E-state index contributed by atoms with van der Waals surface area (Å²) in [6.07, 6.45) is 0.860. The summed E-state index contributed by atoms with van der Waals surface area (Å²) in [5.41, 5.74) is 3.03. The van der Waals surface area contributed by atoms with Crippen molar-refractivity contribution in [3.63, 3.8) is 0 Å². The third kappa shape index (κ3) is 3.48. The summed E-state index contributed by atoms with van der Waals surface area (Å²) in [4.78, 5) is 12.3. The molecule has 0 aromatic heterocycles. The second-order valence-corrected chi connectivity index (χ2v) is 5.68. The highest BCUT2D eigenvalue weighted by molar-refractivity contribution is 9.10. The van der Waals surface area contributed by atoms with Crippen LogP contribution in [0.5, 0.6) is 0 Å². The second-order valence-electron chi connectivity index (χ2n) is 4.82. The van der Waals surface area contributed by atoms with Crippen LogP contribution in [0.4, 0.5) is 0 Å². The Morgan fingerprint density at radius 2 is 1.80 bits per heavy atom. The molecule has 0 saturated heterocycles. The van der Waals surface area contributed by atoms with Crippen molar-refractivity contribution in [3.8, 4) is 0 Å². The first-order valence-corrected chi connectivity index (χ1v) is 7.53. The summed E-state index contributed by atoms with van der Waals surface area (Å²) in [6, 6.07) is 15.8. The standard InChI is InChI=1S/C17H18BrNO/c1-3-16(13-10-8-12(2)9-11-13)19-17(20)14-6-4-5-7-15(14)18/h4-11,16H,3H2,1-2H3,(H,19,20). The Morgan fingerprint density at radius 1 is 1.15 bits per heavy atom. The van der Waals surface area contributed by atoms with Gasteiger partial charge >= 0.3 is 0 Å². The van der Waals surface area contributed by atoms with Gasteiger partial charge in [-0.05, 0) is 47.0 Å². The summed E-state index contributed by atoms with van der Waals surface area (Å²) < 4.78 is 0.816. The normalized spacial score (nSPS) is 11.9. The van der Waals surface area contributed by atoms with Crippen molar-refractivity contribution in [1.82, 2.24) is 5.32 Å². The van der Waals surface area contributed by atoms with Crippen LogP contribution in [-0.2, 0) is 0 Å². The molecule has 104 valence electrons. The van der Waals surface area contributed by atoms with E-state index in [0.717, 1.165) is 16.5 Å². The van der Waals surface area contributed by atoms with Gasteiger partial charge < -0.3 is 5.32 Å². The Hall–Kier alpha value is -1.61. The number of carbonyl (C=O) groups excluding carboxylic acids is 1. The van der Waals surface area contributed by atoms with Crippen LogP contribution in [0.25, 0.3) is 0 Å². The molecular formula is C17H18BrNO. The molecule has 2 aromatic carbocycles. The molecule has 0 radical (unpaired) electrons. The summed E-state index contributed by atoms with van der Waals surface area (Å²) >= 11 is 3.41. The van der Waals surface area contributed by atoms with Crippen LogP contribution >= 0.6 is 15.9 Å². The van der Waals surface area contributed by atoms with Crippen molar-refractivity contribution < 1.29 is 4.79 Å². The van der Waals surface area contributed by atoms with Crippen LogP contribution in [0.1, 0.15) is 40.9 Å². The topological polar surface area (TPSA) is 29.1 Å². The van der Waals surface area contributed by atoms with Crippen LogP contribution in [0.3, 0.4) is 0 Å². The van der Waals surface area contributed by atoms with Gasteiger partial charge in [-0.2, -0.15) is 0 Å². The van der Waals surface area contributed by atoms with Gasteiger partial charge in [0.2, 0.25) is 0 Å². The summed E-state index contributed by atoms with van der Waals surface area (Å²) in [7, 11) is 0. The predicted octanol–water partition coefficient (Wildman–Crippen LogP) is 4.64. The van der Waals surface area contributed by atoms with E-state index in [-0.39, 0.29) is 11.9 Å². The maximum absolute atomic E-state index is 12.3. The highest BCUT2D eigenvalue weighted by atomic mass is 79.9. The Labute approximate surface area is 128 Å². The van der Waals surface area contributed by atoms with E-state index in [0.29, 0.717) is 5.56 Å². The lowest BCUT2D eigenvalue weighted by Gasteiger charge is -2.18. The molecule has 1 amide bonds. The van der Waals surface area contributed by atoms with Crippen LogP contribution in [-0.4, -0.2) is 5.91 Å². The molecule has 0 aliphatic rings. The molecule has 3 heteroatoms. The third-order valence-electron chi connectivity index (χ3n) is 3.31. The zero-order chi connectivity index (χ0) is 14.5. The molecule has 0 aliphatic heterocycles. The molecule has 0 saturated carbocycles. The fourth-order valence-corrected chi connectivity index (χ4v) is 2.57. The molecule has 2 nitrogen and oxygen atoms in total. The van der Waals surface area contributed by atoms with E-state index in [1.54, 1.807) is 0 Å². The zero-order valence-electron chi connectivity index (χ0n) is 11.7. The van der Waals surface area contributed by atoms with Crippen molar-refractivity contribution in [1.29, 1.82) is 0 Å². The number of rotatable bonds is 4. The molecule has 2 aromatic rings. The van der Waals surface area contributed by atoms with E-state index in [4.69, 9.17) is 0 Å². The van der Waals surface area contributed by atoms with E-state index < -0.39 is 0 Å². The number of carbonyl (C=O) groups is 1. The fraction of sp³-hybridized carbons (Fsp3) is 0.235. The Bertz CT molecular complexity index is 592. The average molecular weight is 332 g/mol. The molecular weight excluding hydrogens is 314 g/mol. The van der Waals surface area contributed by atoms with Crippen molar-refractivity contribution in [2.75, 3.05) is 0 Å². The van der Waals surface area contributed by atoms with Crippen molar-refractivity contribution >= 4 is 21.8 Å². The molecule has 1 unspecified atom stereocenters. The number of aryl methyl sites for hydroxylation is 1. The molecule has 2 rings (SSSR count). The third-order valence-corrected chi connectivity index (χ3v) is 4.00. The highest BCUT2D eigenvalue weighted by Crippen LogP contribution is 2.20. The Morgan fingerprint density at radius 3 is 2.40 bits per heavy atom. The average Bonchev–Trinajstić information content (AvgIpc) is 2.46. The van der Waals surface area contributed by atoms with Gasteiger partial charge in [0, 0.05) is 4.47 Å². The smallest absolute Gasteiger partial charge is 0.252 e. The second kappa shape index (κ2) is 6.71. The predicted molar refractivity (Wildman–Crippen MR) is 85.8 cm³/mol. The molecule has 0 spiro atoms. The van der Waals surface area contributed by atoms with Crippen molar-refractivity contribution in [3.05, 3.63) is 69.7 Å². The summed E-state index contributed by atoms with van der Waals surface area (Å²) in [6.45, 7) is 4.13. The van der Waals surface area contributed by atoms with Crippen LogP contribution in [0, 0.1) is 6.92 Å². The first-order valence-electron chi connectivity index (χ1n) is 6.73.